The minimum Gasteiger partial charge on any atom is -0.493 e. The summed E-state index contributed by atoms with van der Waals surface area (Å²) in [5.74, 6) is 0.717. The van der Waals surface area contributed by atoms with Crippen LogP contribution in [0.4, 0.5) is 0 Å². The molecule has 3 aromatic carbocycles. The highest BCUT2D eigenvalue weighted by atomic mass is 16.6. The van der Waals surface area contributed by atoms with Crippen LogP contribution in [0.1, 0.15) is 22.6 Å². The molecule has 2 N–H and O–H groups in total. The van der Waals surface area contributed by atoms with Crippen molar-refractivity contribution in [1.82, 2.24) is 0 Å². The van der Waals surface area contributed by atoms with Gasteiger partial charge in [0, 0.05) is 11.6 Å². The van der Waals surface area contributed by atoms with Crippen LogP contribution in [0.5, 0.6) is 23.0 Å². The Balaban J connectivity index is 1.54. The van der Waals surface area contributed by atoms with Gasteiger partial charge in [0.2, 0.25) is 5.88 Å². The summed E-state index contributed by atoms with van der Waals surface area (Å²) < 4.78 is 21.8. The molecule has 0 saturated carbocycles. The molecule has 7 heteroatoms. The molecule has 1 unspecified atom stereocenters. The Labute approximate surface area is 191 Å². The van der Waals surface area contributed by atoms with Crippen molar-refractivity contribution in [2.24, 2.45) is 5.73 Å². The molecule has 4 rings (SSSR count). The number of esters is 1. The molecular weight excluding hydrogens is 420 g/mol. The third kappa shape index (κ3) is 4.60. The second-order valence-corrected chi connectivity index (χ2v) is 7.45. The third-order valence-corrected chi connectivity index (χ3v) is 5.25. The molecule has 0 saturated heterocycles. The number of fused-ring (bicyclic) bond motifs is 1. The van der Waals surface area contributed by atoms with Gasteiger partial charge in [-0.05, 0) is 30.7 Å². The summed E-state index contributed by atoms with van der Waals surface area (Å²) in [7, 11) is 1.52. The summed E-state index contributed by atoms with van der Waals surface area (Å²) >= 11 is 0. The Morgan fingerprint density at radius 1 is 1.09 bits per heavy atom. The fraction of sp³-hybridized carbons (Fsp3) is 0.154. The van der Waals surface area contributed by atoms with Gasteiger partial charge in [0.25, 0.3) is 0 Å². The first-order valence-corrected chi connectivity index (χ1v) is 10.2. The number of para-hydroxylation sites is 2. The number of ether oxygens (including phenoxy) is 4. The Morgan fingerprint density at radius 2 is 1.82 bits per heavy atom. The fourth-order valence-electron chi connectivity index (χ4n) is 3.64. The first-order valence-electron chi connectivity index (χ1n) is 10.2. The standard InChI is InChI=1S/C26H22N2O5/c1-16-7-9-17(10-8-16)25-19-12-11-18(13-23(19)33-26(28)20(25)14-27)32-24(29)15-31-22-6-4-3-5-21(22)30-2/h3-13,25H,15,28H2,1-2H3. The fourth-order valence-corrected chi connectivity index (χ4v) is 3.64. The average molecular weight is 442 g/mol. The van der Waals surface area contributed by atoms with Crippen molar-refractivity contribution in [3.63, 3.8) is 0 Å². The van der Waals surface area contributed by atoms with E-state index in [0.717, 1.165) is 16.7 Å². The van der Waals surface area contributed by atoms with E-state index in [1.54, 1.807) is 42.5 Å². The predicted octanol–water partition coefficient (Wildman–Crippen LogP) is 4.21. The van der Waals surface area contributed by atoms with Crippen molar-refractivity contribution < 1.29 is 23.7 Å². The lowest BCUT2D eigenvalue weighted by Gasteiger charge is -2.26. The molecule has 1 aliphatic heterocycles. The maximum atomic E-state index is 12.3. The van der Waals surface area contributed by atoms with E-state index in [9.17, 15) is 10.1 Å². The molecule has 1 atom stereocenters. The molecule has 0 bridgehead atoms. The zero-order valence-corrected chi connectivity index (χ0v) is 18.2. The van der Waals surface area contributed by atoms with Gasteiger partial charge in [-0.25, -0.2) is 4.79 Å². The highest BCUT2D eigenvalue weighted by Crippen LogP contribution is 2.43. The number of nitrogens with two attached hydrogens (primary N) is 1. The molecule has 7 nitrogen and oxygen atoms in total. The number of aryl methyl sites for hydroxylation is 1. The maximum Gasteiger partial charge on any atom is 0.349 e. The number of nitrogens with zero attached hydrogens (tertiary/aromatic N) is 1. The van der Waals surface area contributed by atoms with Crippen LogP contribution < -0.4 is 24.7 Å². The normalized spacial score (nSPS) is 14.5. The van der Waals surface area contributed by atoms with E-state index in [-0.39, 0.29) is 24.2 Å². The van der Waals surface area contributed by atoms with E-state index in [0.29, 0.717) is 22.8 Å². The molecule has 0 aromatic heterocycles. The van der Waals surface area contributed by atoms with Crippen LogP contribution >= 0.6 is 0 Å². The highest BCUT2D eigenvalue weighted by Gasteiger charge is 2.31. The summed E-state index contributed by atoms with van der Waals surface area (Å²) in [6, 6.07) is 22.1. The van der Waals surface area contributed by atoms with Crippen molar-refractivity contribution >= 4 is 5.97 Å². The Kier molecular flexibility index (Phi) is 6.18. The van der Waals surface area contributed by atoms with Crippen LogP contribution in [0.15, 0.2) is 78.2 Å². The second-order valence-electron chi connectivity index (χ2n) is 7.45. The van der Waals surface area contributed by atoms with E-state index >= 15 is 0 Å². The first-order chi connectivity index (χ1) is 16.0. The van der Waals surface area contributed by atoms with Crippen molar-refractivity contribution in [3.05, 3.63) is 94.9 Å². The van der Waals surface area contributed by atoms with Crippen LogP contribution in [0.2, 0.25) is 0 Å². The Morgan fingerprint density at radius 3 is 2.52 bits per heavy atom. The number of carbonyl (C=O) groups is 1. The summed E-state index contributed by atoms with van der Waals surface area (Å²) in [6.45, 7) is 1.69. The smallest absolute Gasteiger partial charge is 0.349 e. The van der Waals surface area contributed by atoms with Gasteiger partial charge in [-0.2, -0.15) is 5.26 Å². The largest absolute Gasteiger partial charge is 0.493 e. The van der Waals surface area contributed by atoms with E-state index in [1.165, 1.54) is 7.11 Å². The molecule has 1 heterocycles. The zero-order chi connectivity index (χ0) is 23.4. The van der Waals surface area contributed by atoms with Crippen molar-refractivity contribution in [1.29, 1.82) is 5.26 Å². The van der Waals surface area contributed by atoms with Crippen molar-refractivity contribution in [2.75, 3.05) is 13.7 Å². The summed E-state index contributed by atoms with van der Waals surface area (Å²) in [5.41, 5.74) is 9.17. The number of allylic oxidation sites excluding steroid dienone is 1. The number of benzene rings is 3. The van der Waals surface area contributed by atoms with Gasteiger partial charge in [-0.3, -0.25) is 0 Å². The van der Waals surface area contributed by atoms with Crippen LogP contribution in [0, 0.1) is 18.3 Å². The molecule has 1 aliphatic rings. The van der Waals surface area contributed by atoms with Crippen LogP contribution in [-0.4, -0.2) is 19.7 Å². The summed E-state index contributed by atoms with van der Waals surface area (Å²) in [6.07, 6.45) is 0. The lowest BCUT2D eigenvalue weighted by atomic mass is 9.83. The van der Waals surface area contributed by atoms with E-state index in [1.807, 2.05) is 31.2 Å². The number of rotatable bonds is 6. The quantitative estimate of drug-likeness (QED) is 0.450. The van der Waals surface area contributed by atoms with E-state index < -0.39 is 5.97 Å². The molecule has 0 amide bonds. The van der Waals surface area contributed by atoms with Crippen LogP contribution in [0.3, 0.4) is 0 Å². The minimum absolute atomic E-state index is 0.0264. The second kappa shape index (κ2) is 9.37. The molecule has 0 fully saturated rings. The maximum absolute atomic E-state index is 12.3. The molecule has 0 spiro atoms. The number of hydrogen-bond acceptors (Lipinski definition) is 7. The predicted molar refractivity (Wildman–Crippen MR) is 121 cm³/mol. The highest BCUT2D eigenvalue weighted by molar-refractivity contribution is 5.74. The summed E-state index contributed by atoms with van der Waals surface area (Å²) in [4.78, 5) is 12.3. The number of methoxy groups -OCH3 is 1. The van der Waals surface area contributed by atoms with Crippen molar-refractivity contribution in [2.45, 2.75) is 12.8 Å². The zero-order valence-electron chi connectivity index (χ0n) is 18.2. The first kappa shape index (κ1) is 21.8. The van der Waals surface area contributed by atoms with Gasteiger partial charge >= 0.3 is 5.97 Å². The van der Waals surface area contributed by atoms with E-state index in [2.05, 4.69) is 6.07 Å². The topological polar surface area (TPSA) is 104 Å². The van der Waals surface area contributed by atoms with Gasteiger partial charge < -0.3 is 24.7 Å². The van der Waals surface area contributed by atoms with Gasteiger partial charge in [0.05, 0.1) is 13.0 Å². The molecular formula is C26H22N2O5. The summed E-state index contributed by atoms with van der Waals surface area (Å²) in [5, 5.41) is 9.68. The molecule has 166 valence electrons. The molecule has 33 heavy (non-hydrogen) atoms. The lowest BCUT2D eigenvalue weighted by Crippen LogP contribution is -2.21. The van der Waals surface area contributed by atoms with Gasteiger partial charge in [-0.1, -0.05) is 48.0 Å². The van der Waals surface area contributed by atoms with Crippen molar-refractivity contribution in [3.8, 4) is 29.1 Å². The van der Waals surface area contributed by atoms with Gasteiger partial charge in [0.15, 0.2) is 18.1 Å². The van der Waals surface area contributed by atoms with Crippen LogP contribution in [0.25, 0.3) is 0 Å². The Hall–Kier alpha value is -4.44. The minimum atomic E-state index is -0.590. The number of nitriles is 1. The van der Waals surface area contributed by atoms with Gasteiger partial charge in [0.1, 0.15) is 23.1 Å². The lowest BCUT2D eigenvalue weighted by molar-refractivity contribution is -0.136. The molecule has 0 radical (unpaired) electrons. The van der Waals surface area contributed by atoms with Gasteiger partial charge in [-0.15, -0.1) is 0 Å². The third-order valence-electron chi connectivity index (χ3n) is 5.25. The molecule has 0 aliphatic carbocycles. The van der Waals surface area contributed by atoms with Crippen LogP contribution in [-0.2, 0) is 4.79 Å². The number of carbonyl (C=O) groups excluding carboxylic acids is 1. The number of hydrogen-bond donors (Lipinski definition) is 1. The SMILES string of the molecule is COc1ccccc1OCC(=O)Oc1ccc2c(c1)OC(N)=C(C#N)C2c1ccc(C)cc1. The molecule has 3 aromatic rings. The average Bonchev–Trinajstić information content (AvgIpc) is 2.82. The monoisotopic (exact) mass is 442 g/mol. The van der Waals surface area contributed by atoms with E-state index in [4.69, 9.17) is 24.7 Å². The Bertz CT molecular complexity index is 1260.